The SMILES string of the molecule is c1ccc(-c2ccc(-c3ccc4c(c3)c3cc(N(c5ccccc5)c5cc(N(c6ccc7c(c6)c6cc(-c8ccc(-c9ccccc9)cc8)ccc6n7-c6ccc(-c7ccccc7)cc6)c6cccc7ccccc67)cc(N(c6ccc7c(c6)c6cc(-c8ccc(-c9ccccc9)cc8)ccc6n7-c6ccc(-c7ccccc7)cc6)c6cccc7ccccc67)c5)ccc3n4-c3ccc(-c4ccccc4)cc3)cc2)cc1. The van der Waals surface area contributed by atoms with Crippen molar-refractivity contribution in [3.63, 3.8) is 0 Å². The molecule has 0 unspecified atom stereocenters. The summed E-state index contributed by atoms with van der Waals surface area (Å²) in [6.07, 6.45) is 0. The maximum Gasteiger partial charge on any atom is 0.0542 e. The Labute approximate surface area is 847 Å². The number of rotatable bonds is 21. The van der Waals surface area contributed by atoms with Crippen LogP contribution in [-0.2, 0) is 0 Å². The van der Waals surface area contributed by atoms with Crippen LogP contribution in [0.25, 0.3) is 204 Å². The second-order valence-electron chi connectivity index (χ2n) is 37.9. The van der Waals surface area contributed by atoms with Crippen LogP contribution >= 0.6 is 0 Å². The minimum atomic E-state index is 0.928. The number of aromatic nitrogens is 3. The van der Waals surface area contributed by atoms with E-state index in [2.05, 4.69) is 599 Å². The summed E-state index contributed by atoms with van der Waals surface area (Å²) in [5.41, 5.74) is 39.4. The van der Waals surface area contributed by atoms with Gasteiger partial charge in [0.05, 0.1) is 61.5 Å². The van der Waals surface area contributed by atoms with Gasteiger partial charge >= 0.3 is 0 Å². The Bertz CT molecular complexity index is 9190. The van der Waals surface area contributed by atoms with Gasteiger partial charge in [0.15, 0.2) is 0 Å². The molecule has 146 heavy (non-hydrogen) atoms. The molecule has 0 atom stereocenters. The first-order valence-electron chi connectivity index (χ1n) is 50.1. The molecule has 27 aromatic rings. The maximum absolute atomic E-state index is 2.55. The van der Waals surface area contributed by atoms with Crippen molar-refractivity contribution in [3.8, 4) is 117 Å². The molecule has 684 valence electrons. The molecule has 6 heteroatoms. The average molecular weight is 1860 g/mol. The predicted octanol–water partition coefficient (Wildman–Crippen LogP) is 38.7. The normalized spacial score (nSPS) is 11.6. The Hall–Kier alpha value is -19.4. The average Bonchev–Trinajstić information content (AvgIpc) is 1.65. The zero-order valence-corrected chi connectivity index (χ0v) is 80.0. The highest BCUT2D eigenvalue weighted by molar-refractivity contribution is 6.16. The fourth-order valence-corrected chi connectivity index (χ4v) is 22.2. The number of hydrogen-bond acceptors (Lipinski definition) is 3. The molecule has 0 aliphatic rings. The summed E-state index contributed by atoms with van der Waals surface area (Å²) in [7, 11) is 0. The molecule has 0 N–H and O–H groups in total. The summed E-state index contributed by atoms with van der Waals surface area (Å²) < 4.78 is 7.39. The van der Waals surface area contributed by atoms with E-state index < -0.39 is 0 Å². The van der Waals surface area contributed by atoms with E-state index in [1.165, 1.54) is 50.1 Å². The van der Waals surface area contributed by atoms with Crippen molar-refractivity contribution in [1.29, 1.82) is 0 Å². The fraction of sp³-hybridized carbons (Fsp3) is 0. The zero-order valence-electron chi connectivity index (χ0n) is 80.0. The van der Waals surface area contributed by atoms with Crippen molar-refractivity contribution < 1.29 is 0 Å². The van der Waals surface area contributed by atoms with Crippen molar-refractivity contribution in [1.82, 2.24) is 13.7 Å². The molecule has 0 aliphatic carbocycles. The van der Waals surface area contributed by atoms with E-state index in [-0.39, 0.29) is 0 Å². The van der Waals surface area contributed by atoms with Crippen LogP contribution in [0.4, 0.5) is 51.2 Å². The van der Waals surface area contributed by atoms with Crippen molar-refractivity contribution >= 4 is 138 Å². The molecule has 3 heterocycles. The molecule has 0 amide bonds. The zero-order chi connectivity index (χ0) is 96.5. The number of benzene rings is 24. The van der Waals surface area contributed by atoms with E-state index in [4.69, 9.17) is 0 Å². The fourth-order valence-electron chi connectivity index (χ4n) is 22.2. The van der Waals surface area contributed by atoms with Gasteiger partial charge in [0.1, 0.15) is 0 Å². The van der Waals surface area contributed by atoms with E-state index in [1.807, 2.05) is 0 Å². The van der Waals surface area contributed by atoms with Crippen LogP contribution in [0, 0.1) is 0 Å². The minimum absolute atomic E-state index is 0.928. The number of fused-ring (bicyclic) bond motifs is 11. The van der Waals surface area contributed by atoms with E-state index >= 15 is 0 Å². The second-order valence-corrected chi connectivity index (χ2v) is 37.9. The summed E-state index contributed by atoms with van der Waals surface area (Å²) in [6.45, 7) is 0. The third-order valence-corrected chi connectivity index (χ3v) is 29.4. The van der Waals surface area contributed by atoms with Gasteiger partial charge in [-0.2, -0.15) is 0 Å². The van der Waals surface area contributed by atoms with Gasteiger partial charge in [-0.25, -0.2) is 0 Å². The molecule has 27 rings (SSSR count). The van der Waals surface area contributed by atoms with E-state index in [0.717, 1.165) is 205 Å². The molecule has 3 aromatic heterocycles. The summed E-state index contributed by atoms with van der Waals surface area (Å²) in [4.78, 5) is 7.59. The molecule has 24 aromatic carbocycles. The van der Waals surface area contributed by atoms with Crippen LogP contribution in [0.1, 0.15) is 0 Å². The van der Waals surface area contributed by atoms with Gasteiger partial charge in [0.25, 0.3) is 0 Å². The Balaban J connectivity index is 0.719. The van der Waals surface area contributed by atoms with Crippen LogP contribution in [-0.4, -0.2) is 13.7 Å². The lowest BCUT2D eigenvalue weighted by molar-refractivity contribution is 1.18. The molecule has 0 saturated carbocycles. The van der Waals surface area contributed by atoms with Crippen LogP contribution in [0.5, 0.6) is 0 Å². The summed E-state index contributed by atoms with van der Waals surface area (Å²) >= 11 is 0. The molecular formula is C140H94N6. The lowest BCUT2D eigenvalue weighted by atomic mass is 9.99. The van der Waals surface area contributed by atoms with Crippen molar-refractivity contribution in [2.24, 2.45) is 0 Å². The van der Waals surface area contributed by atoms with Crippen molar-refractivity contribution in [2.45, 2.75) is 0 Å². The van der Waals surface area contributed by atoms with Crippen molar-refractivity contribution in [2.75, 3.05) is 14.7 Å². The minimum Gasteiger partial charge on any atom is -0.310 e. The highest BCUT2D eigenvalue weighted by Gasteiger charge is 2.29. The lowest BCUT2D eigenvalue weighted by Crippen LogP contribution is -2.16. The third kappa shape index (κ3) is 15.7. The quantitative estimate of drug-likeness (QED) is 0.0717. The van der Waals surface area contributed by atoms with Gasteiger partial charge in [0, 0.05) is 82.9 Å². The lowest BCUT2D eigenvalue weighted by Gasteiger charge is -2.33. The number of nitrogens with zero attached hydrogens (tertiary/aromatic N) is 6. The van der Waals surface area contributed by atoms with E-state index in [1.54, 1.807) is 0 Å². The van der Waals surface area contributed by atoms with Crippen LogP contribution in [0.15, 0.2) is 570 Å². The highest BCUT2D eigenvalue weighted by Crippen LogP contribution is 2.53. The molecule has 0 aliphatic heterocycles. The summed E-state index contributed by atoms with van der Waals surface area (Å²) in [5, 5.41) is 11.2. The van der Waals surface area contributed by atoms with Gasteiger partial charge in [-0.1, -0.05) is 400 Å². The standard InChI is InChI=1S/C140H94N6/c1-8-28-95(29-9-1)101-50-56-107(57-51-101)112-68-80-135-127(86-112)130-92-119(77-83-138(130)144(135)116-71-62-104(63-72-116)98-34-14-4-15-35-98)141(115-44-20-7-21-45-115)122-89-123(142(133-48-26-42-110-40-22-24-46-125(110)133)120-78-84-139-131(93-120)128-87-113(108-58-52-102(53-59-108)96-30-10-2-11-31-96)69-81-136(128)145(139)117-73-64-105(65-74-117)99-36-16-5-17-37-99)91-124(90-122)143(134-49-27-43-111-41-23-25-47-126(111)134)121-79-85-140-132(94-121)129-88-114(109-60-54-103(55-61-109)97-32-12-3-13-33-97)70-82-137(129)146(140)118-75-66-106(67-76-118)100-38-18-6-19-39-100/h1-94H. The Morgan fingerprint density at radius 3 is 0.589 bits per heavy atom. The van der Waals surface area contributed by atoms with E-state index in [9.17, 15) is 0 Å². The van der Waals surface area contributed by atoms with Gasteiger partial charge in [-0.15, -0.1) is 0 Å². The summed E-state index contributed by atoms with van der Waals surface area (Å²) in [5.74, 6) is 0. The molecule has 0 bridgehead atoms. The molecule has 0 saturated heterocycles. The van der Waals surface area contributed by atoms with Gasteiger partial charge < -0.3 is 28.4 Å². The third-order valence-electron chi connectivity index (χ3n) is 29.4. The molecule has 0 fully saturated rings. The number of anilines is 9. The Morgan fingerprint density at radius 1 is 0.110 bits per heavy atom. The van der Waals surface area contributed by atoms with Gasteiger partial charge in [-0.3, -0.25) is 0 Å². The monoisotopic (exact) mass is 1860 g/mol. The molecular weight excluding hydrogens is 1770 g/mol. The van der Waals surface area contributed by atoms with Crippen LogP contribution in [0.2, 0.25) is 0 Å². The highest BCUT2D eigenvalue weighted by atomic mass is 15.2. The first-order valence-corrected chi connectivity index (χ1v) is 50.1. The summed E-state index contributed by atoms with van der Waals surface area (Å²) in [6, 6.07) is 211. The molecule has 6 nitrogen and oxygen atoms in total. The topological polar surface area (TPSA) is 24.5 Å². The van der Waals surface area contributed by atoms with Crippen molar-refractivity contribution in [3.05, 3.63) is 570 Å². The smallest absolute Gasteiger partial charge is 0.0542 e. The maximum atomic E-state index is 2.55. The van der Waals surface area contributed by atoms with Gasteiger partial charge in [0.2, 0.25) is 0 Å². The number of para-hydroxylation sites is 1. The predicted molar refractivity (Wildman–Crippen MR) is 617 cm³/mol. The first kappa shape index (κ1) is 85.8. The van der Waals surface area contributed by atoms with Crippen LogP contribution in [0.3, 0.4) is 0 Å². The largest absolute Gasteiger partial charge is 0.310 e. The number of hydrogen-bond donors (Lipinski definition) is 0. The Morgan fingerprint density at radius 2 is 0.308 bits per heavy atom. The first-order chi connectivity index (χ1) is 72.4. The van der Waals surface area contributed by atoms with Crippen LogP contribution < -0.4 is 14.7 Å². The second kappa shape index (κ2) is 36.7. The molecule has 0 spiro atoms. The Kier molecular flexibility index (Phi) is 21.5. The van der Waals surface area contributed by atoms with E-state index in [0.29, 0.717) is 0 Å². The molecule has 0 radical (unpaired) electrons. The van der Waals surface area contributed by atoms with Gasteiger partial charge in [-0.05, 0) is 281 Å².